The van der Waals surface area contributed by atoms with Crippen LogP contribution < -0.4 is 10.6 Å². The number of nitrogens with zero attached hydrogens (tertiary/aromatic N) is 2. The minimum atomic E-state index is -0.175. The highest BCUT2D eigenvalue weighted by molar-refractivity contribution is 6.33. The zero-order chi connectivity index (χ0) is 22.2. The van der Waals surface area contributed by atoms with Crippen molar-refractivity contribution in [2.45, 2.75) is 13.3 Å². The Morgan fingerprint density at radius 3 is 2.45 bits per heavy atom. The van der Waals surface area contributed by atoms with E-state index in [9.17, 15) is 14.4 Å². The summed E-state index contributed by atoms with van der Waals surface area (Å²) in [4.78, 5) is 40.7. The van der Waals surface area contributed by atoms with E-state index in [1.807, 2.05) is 42.2 Å². The maximum absolute atomic E-state index is 12.4. The lowest BCUT2D eigenvalue weighted by atomic mass is 10.1. The maximum atomic E-state index is 12.4. The lowest BCUT2D eigenvalue weighted by Crippen LogP contribution is -2.50. The van der Waals surface area contributed by atoms with Crippen LogP contribution in [0.4, 0.5) is 5.69 Å². The molecule has 0 unspecified atom stereocenters. The molecule has 0 spiro atoms. The van der Waals surface area contributed by atoms with Gasteiger partial charge in [-0.2, -0.15) is 0 Å². The fourth-order valence-corrected chi connectivity index (χ4v) is 3.62. The number of nitrogens with one attached hydrogen (secondary N) is 2. The number of carbonyl (C=O) groups is 3. The minimum Gasteiger partial charge on any atom is -0.352 e. The Hall–Kier alpha value is -2.90. The van der Waals surface area contributed by atoms with Crippen molar-refractivity contribution in [2.24, 2.45) is 0 Å². The van der Waals surface area contributed by atoms with Crippen LogP contribution in [0.2, 0.25) is 5.02 Å². The summed E-state index contributed by atoms with van der Waals surface area (Å²) in [6, 6.07) is 14.4. The number of para-hydroxylation sites is 1. The van der Waals surface area contributed by atoms with Gasteiger partial charge in [0.05, 0.1) is 17.3 Å². The van der Waals surface area contributed by atoms with E-state index >= 15 is 0 Å². The molecule has 2 aromatic rings. The normalized spacial score (nSPS) is 14.2. The van der Waals surface area contributed by atoms with Crippen LogP contribution in [0, 0.1) is 6.92 Å². The Labute approximate surface area is 187 Å². The molecule has 8 heteroatoms. The predicted octanol–water partition coefficient (Wildman–Crippen LogP) is 2.55. The Balaban J connectivity index is 1.36. The number of hydrogen-bond acceptors (Lipinski definition) is 4. The van der Waals surface area contributed by atoms with Gasteiger partial charge in [-0.3, -0.25) is 19.3 Å². The number of piperazine rings is 1. The van der Waals surface area contributed by atoms with Gasteiger partial charge in [0.2, 0.25) is 11.8 Å². The van der Waals surface area contributed by atoms with E-state index < -0.39 is 0 Å². The molecular formula is C23H27ClN4O3. The molecule has 7 nitrogen and oxygen atoms in total. The SMILES string of the molecule is Cc1cccc(C(=O)NCCC(=O)N2CCN(CC(=O)Nc3ccccc3Cl)CC2)c1. The lowest BCUT2D eigenvalue weighted by molar-refractivity contribution is -0.132. The van der Waals surface area contributed by atoms with Gasteiger partial charge in [0, 0.05) is 44.7 Å². The zero-order valence-electron chi connectivity index (χ0n) is 17.6. The van der Waals surface area contributed by atoms with Crippen LogP contribution in [0.1, 0.15) is 22.3 Å². The highest BCUT2D eigenvalue weighted by Gasteiger charge is 2.22. The van der Waals surface area contributed by atoms with E-state index in [0.29, 0.717) is 49.0 Å². The molecule has 164 valence electrons. The number of anilines is 1. The molecule has 1 aliphatic rings. The molecule has 2 N–H and O–H groups in total. The molecular weight excluding hydrogens is 416 g/mol. The van der Waals surface area contributed by atoms with E-state index in [-0.39, 0.29) is 30.7 Å². The summed E-state index contributed by atoms with van der Waals surface area (Å²) in [6.45, 7) is 4.84. The summed E-state index contributed by atoms with van der Waals surface area (Å²) in [5.74, 6) is -0.303. The standard InChI is InChI=1S/C23H27ClN4O3/c1-17-5-4-6-18(15-17)23(31)25-10-9-22(30)28-13-11-27(12-14-28)16-21(29)26-20-8-3-2-7-19(20)24/h2-8,15H,9-14,16H2,1H3,(H,25,31)(H,26,29). The van der Waals surface area contributed by atoms with Crippen molar-refractivity contribution < 1.29 is 14.4 Å². The monoisotopic (exact) mass is 442 g/mol. The van der Waals surface area contributed by atoms with Crippen molar-refractivity contribution in [1.29, 1.82) is 0 Å². The number of carbonyl (C=O) groups excluding carboxylic acids is 3. The summed E-state index contributed by atoms with van der Waals surface area (Å²) >= 11 is 6.07. The summed E-state index contributed by atoms with van der Waals surface area (Å²) in [5.41, 5.74) is 2.20. The average molecular weight is 443 g/mol. The van der Waals surface area contributed by atoms with Crippen molar-refractivity contribution in [3.8, 4) is 0 Å². The van der Waals surface area contributed by atoms with Gasteiger partial charge in [-0.1, -0.05) is 41.4 Å². The van der Waals surface area contributed by atoms with E-state index in [2.05, 4.69) is 10.6 Å². The third kappa shape index (κ3) is 6.80. The predicted molar refractivity (Wildman–Crippen MR) is 121 cm³/mol. The highest BCUT2D eigenvalue weighted by atomic mass is 35.5. The van der Waals surface area contributed by atoms with Gasteiger partial charge >= 0.3 is 0 Å². The van der Waals surface area contributed by atoms with Crippen LogP contribution in [-0.4, -0.2) is 66.8 Å². The van der Waals surface area contributed by atoms with Crippen molar-refractivity contribution in [3.05, 3.63) is 64.7 Å². The van der Waals surface area contributed by atoms with E-state index in [0.717, 1.165) is 5.56 Å². The van der Waals surface area contributed by atoms with Crippen LogP contribution in [0.5, 0.6) is 0 Å². The highest BCUT2D eigenvalue weighted by Crippen LogP contribution is 2.20. The number of rotatable bonds is 7. The van der Waals surface area contributed by atoms with Crippen molar-refractivity contribution in [2.75, 3.05) is 44.6 Å². The Bertz CT molecular complexity index is 942. The first-order valence-electron chi connectivity index (χ1n) is 10.3. The lowest BCUT2D eigenvalue weighted by Gasteiger charge is -2.34. The molecule has 0 bridgehead atoms. The second-order valence-corrected chi connectivity index (χ2v) is 7.97. The average Bonchev–Trinajstić information content (AvgIpc) is 2.75. The third-order valence-corrected chi connectivity index (χ3v) is 5.47. The van der Waals surface area contributed by atoms with Gasteiger partial charge in [0.1, 0.15) is 0 Å². The first kappa shape index (κ1) is 22.8. The Kier molecular flexibility index (Phi) is 8.03. The van der Waals surface area contributed by atoms with Crippen molar-refractivity contribution in [1.82, 2.24) is 15.1 Å². The number of halogens is 1. The summed E-state index contributed by atoms with van der Waals surface area (Å²) < 4.78 is 0. The minimum absolute atomic E-state index is 0.00436. The smallest absolute Gasteiger partial charge is 0.251 e. The van der Waals surface area contributed by atoms with Gasteiger partial charge in [-0.25, -0.2) is 0 Å². The zero-order valence-corrected chi connectivity index (χ0v) is 18.3. The Morgan fingerprint density at radius 2 is 1.74 bits per heavy atom. The maximum Gasteiger partial charge on any atom is 0.251 e. The van der Waals surface area contributed by atoms with E-state index in [1.165, 1.54) is 0 Å². The molecule has 0 saturated carbocycles. The molecule has 1 aliphatic heterocycles. The third-order valence-electron chi connectivity index (χ3n) is 5.14. The molecule has 0 radical (unpaired) electrons. The first-order chi connectivity index (χ1) is 14.9. The molecule has 1 saturated heterocycles. The molecule has 0 aromatic heterocycles. The van der Waals surface area contributed by atoms with Gasteiger partial charge < -0.3 is 15.5 Å². The number of amides is 3. The second-order valence-electron chi connectivity index (χ2n) is 7.56. The van der Waals surface area contributed by atoms with Gasteiger partial charge in [0.25, 0.3) is 5.91 Å². The summed E-state index contributed by atoms with van der Waals surface area (Å²) in [6.07, 6.45) is 0.255. The van der Waals surface area contributed by atoms with E-state index in [4.69, 9.17) is 11.6 Å². The van der Waals surface area contributed by atoms with Crippen molar-refractivity contribution >= 4 is 35.0 Å². The molecule has 1 heterocycles. The molecule has 31 heavy (non-hydrogen) atoms. The van der Waals surface area contributed by atoms with Gasteiger partial charge in [-0.05, 0) is 31.2 Å². The fourth-order valence-electron chi connectivity index (χ4n) is 3.44. The topological polar surface area (TPSA) is 81.8 Å². The number of hydrogen-bond donors (Lipinski definition) is 2. The second kappa shape index (κ2) is 10.9. The largest absolute Gasteiger partial charge is 0.352 e. The molecule has 0 aliphatic carbocycles. The van der Waals surface area contributed by atoms with Crippen LogP contribution in [-0.2, 0) is 9.59 Å². The molecule has 3 rings (SSSR count). The molecule has 2 aromatic carbocycles. The van der Waals surface area contributed by atoms with Crippen LogP contribution in [0.3, 0.4) is 0 Å². The first-order valence-corrected chi connectivity index (χ1v) is 10.7. The number of aryl methyl sites for hydroxylation is 1. The van der Waals surface area contributed by atoms with Crippen LogP contribution in [0.15, 0.2) is 48.5 Å². The molecule has 0 atom stereocenters. The van der Waals surface area contributed by atoms with Crippen molar-refractivity contribution in [3.63, 3.8) is 0 Å². The van der Waals surface area contributed by atoms with Gasteiger partial charge in [-0.15, -0.1) is 0 Å². The van der Waals surface area contributed by atoms with Crippen LogP contribution >= 0.6 is 11.6 Å². The van der Waals surface area contributed by atoms with E-state index in [1.54, 1.807) is 23.1 Å². The quantitative estimate of drug-likeness (QED) is 0.690. The number of benzene rings is 2. The Morgan fingerprint density at radius 1 is 1.00 bits per heavy atom. The fraction of sp³-hybridized carbons (Fsp3) is 0.348. The van der Waals surface area contributed by atoms with Crippen LogP contribution in [0.25, 0.3) is 0 Å². The van der Waals surface area contributed by atoms with Gasteiger partial charge in [0.15, 0.2) is 0 Å². The summed E-state index contributed by atoms with van der Waals surface area (Å²) in [5, 5.41) is 6.11. The molecule has 3 amide bonds. The summed E-state index contributed by atoms with van der Waals surface area (Å²) in [7, 11) is 0. The molecule has 1 fully saturated rings.